The van der Waals surface area contributed by atoms with Gasteiger partial charge >= 0.3 is 5.97 Å². The second kappa shape index (κ2) is 11.8. The highest BCUT2D eigenvalue weighted by molar-refractivity contribution is 6.31. The number of esters is 1. The molecular formula is C30H27ClN2O5. The zero-order valence-corrected chi connectivity index (χ0v) is 22.3. The second-order valence-corrected chi connectivity index (χ2v) is 10.0. The third-order valence-electron chi connectivity index (χ3n) is 5.64. The van der Waals surface area contributed by atoms with Gasteiger partial charge in [0, 0.05) is 35.1 Å². The maximum Gasteiger partial charge on any atom is 0.338 e. The molecule has 8 heteroatoms. The van der Waals surface area contributed by atoms with Gasteiger partial charge in [0.2, 0.25) is 0 Å². The molecule has 1 unspecified atom stereocenters. The van der Waals surface area contributed by atoms with Crippen molar-refractivity contribution in [2.24, 2.45) is 0 Å². The Hall–Kier alpha value is -4.33. The molecule has 194 valence electrons. The highest BCUT2D eigenvalue weighted by Gasteiger charge is 2.24. The van der Waals surface area contributed by atoms with Crippen LogP contribution >= 0.6 is 11.6 Å². The van der Waals surface area contributed by atoms with Crippen molar-refractivity contribution >= 4 is 23.4 Å². The number of nitriles is 1. The molecule has 0 N–H and O–H groups in total. The van der Waals surface area contributed by atoms with Gasteiger partial charge in [0.25, 0.3) is 5.56 Å². The average molecular weight is 531 g/mol. The molecule has 0 saturated heterocycles. The van der Waals surface area contributed by atoms with Gasteiger partial charge in [-0.25, -0.2) is 4.79 Å². The van der Waals surface area contributed by atoms with Gasteiger partial charge < -0.3 is 14.0 Å². The van der Waals surface area contributed by atoms with Gasteiger partial charge in [-0.05, 0) is 56.7 Å². The van der Waals surface area contributed by atoms with Crippen LogP contribution in [0.2, 0.25) is 5.02 Å². The summed E-state index contributed by atoms with van der Waals surface area (Å²) in [5.41, 5.74) is 1.03. The molecule has 0 radical (unpaired) electrons. The van der Waals surface area contributed by atoms with E-state index in [1.165, 1.54) is 23.9 Å². The molecule has 38 heavy (non-hydrogen) atoms. The fraction of sp³-hybridized carbons (Fsp3) is 0.267. The molecule has 0 aliphatic heterocycles. The number of hydrogen-bond donors (Lipinski definition) is 0. The minimum atomic E-state index is -0.948. The lowest BCUT2D eigenvalue weighted by Gasteiger charge is -2.20. The molecular weight excluding hydrogens is 504 g/mol. The summed E-state index contributed by atoms with van der Waals surface area (Å²) in [5.74, 6) is 2.00. The number of aromatic nitrogens is 1. The van der Waals surface area contributed by atoms with Gasteiger partial charge in [-0.3, -0.25) is 9.59 Å². The van der Waals surface area contributed by atoms with Crippen molar-refractivity contribution in [3.8, 4) is 35.3 Å². The smallest absolute Gasteiger partial charge is 0.338 e. The number of Topliss-reactive ketones (excluding diaryl/α,β-unsaturated/α-hetero) is 1. The molecule has 3 rings (SSSR count). The Morgan fingerprint density at radius 2 is 1.79 bits per heavy atom. The Kier molecular flexibility index (Phi) is 8.78. The number of ketones is 1. The normalized spacial score (nSPS) is 11.7. The second-order valence-electron chi connectivity index (χ2n) is 9.57. The number of methoxy groups -OCH3 is 1. The first-order chi connectivity index (χ1) is 18.0. The molecule has 2 aromatic carbocycles. The van der Waals surface area contributed by atoms with Crippen molar-refractivity contribution in [1.29, 1.82) is 5.26 Å². The predicted octanol–water partition coefficient (Wildman–Crippen LogP) is 5.38. The van der Waals surface area contributed by atoms with Crippen molar-refractivity contribution in [1.82, 2.24) is 4.57 Å². The van der Waals surface area contributed by atoms with Crippen LogP contribution in [0, 0.1) is 23.7 Å². The number of nitrogens with zero attached hydrogens (tertiary/aromatic N) is 2. The van der Waals surface area contributed by atoms with E-state index >= 15 is 0 Å². The molecule has 0 aliphatic rings. The number of hydrogen-bond acceptors (Lipinski definition) is 6. The van der Waals surface area contributed by atoms with Gasteiger partial charge in [0.05, 0.1) is 30.5 Å². The van der Waals surface area contributed by atoms with Crippen molar-refractivity contribution < 1.29 is 19.1 Å². The van der Waals surface area contributed by atoms with Crippen LogP contribution in [0.25, 0.3) is 11.1 Å². The molecule has 1 atom stereocenters. The number of rotatable bonds is 8. The third kappa shape index (κ3) is 6.70. The zero-order chi connectivity index (χ0) is 28.0. The van der Waals surface area contributed by atoms with Crippen molar-refractivity contribution in [3.63, 3.8) is 0 Å². The number of pyridine rings is 1. The fourth-order valence-electron chi connectivity index (χ4n) is 3.88. The van der Waals surface area contributed by atoms with Gasteiger partial charge in [0.15, 0.2) is 5.78 Å². The third-order valence-corrected chi connectivity index (χ3v) is 5.88. The van der Waals surface area contributed by atoms with Crippen molar-refractivity contribution in [2.45, 2.75) is 45.3 Å². The predicted molar refractivity (Wildman–Crippen MR) is 145 cm³/mol. The standard InChI is InChI=1S/C30H27ClN2O5/c1-6-7-25(26(34)14-19-8-10-20(11-9-19)29(36)38-30(2,3)4)33-18-27(37-5)24(16-28(33)35)23-15-22(31)13-12-21(23)17-32/h1,8-13,15-16,18,25H,7,14H2,2-5H3. The number of ether oxygens (including phenoxy) is 2. The van der Waals surface area contributed by atoms with E-state index in [-0.39, 0.29) is 24.4 Å². The Bertz CT molecular complexity index is 1500. The van der Waals surface area contributed by atoms with E-state index in [1.807, 2.05) is 0 Å². The lowest BCUT2D eigenvalue weighted by Crippen LogP contribution is -2.30. The van der Waals surface area contributed by atoms with Crippen molar-refractivity contribution in [3.05, 3.63) is 86.8 Å². The fourth-order valence-corrected chi connectivity index (χ4v) is 4.05. The van der Waals surface area contributed by atoms with E-state index in [0.717, 1.165) is 0 Å². The molecule has 1 heterocycles. The van der Waals surface area contributed by atoms with E-state index in [9.17, 15) is 19.6 Å². The molecule has 0 fully saturated rings. The van der Waals surface area contributed by atoms with E-state index in [2.05, 4.69) is 12.0 Å². The number of carbonyl (C=O) groups excluding carboxylic acids is 2. The molecule has 0 saturated carbocycles. The summed E-state index contributed by atoms with van der Waals surface area (Å²) in [6, 6.07) is 13.7. The molecule has 0 amide bonds. The molecule has 0 aliphatic carbocycles. The summed E-state index contributed by atoms with van der Waals surface area (Å²) >= 11 is 6.13. The molecule has 7 nitrogen and oxygen atoms in total. The Morgan fingerprint density at radius 1 is 1.11 bits per heavy atom. The van der Waals surface area contributed by atoms with E-state index in [1.54, 1.807) is 63.2 Å². The summed E-state index contributed by atoms with van der Waals surface area (Å²) in [5, 5.41) is 9.91. The Labute approximate surface area is 226 Å². The summed E-state index contributed by atoms with van der Waals surface area (Å²) in [7, 11) is 1.43. The van der Waals surface area contributed by atoms with Crippen LogP contribution in [-0.4, -0.2) is 29.0 Å². The zero-order valence-electron chi connectivity index (χ0n) is 21.6. The molecule has 3 aromatic rings. The maximum atomic E-state index is 13.3. The van der Waals surface area contributed by atoms with E-state index in [0.29, 0.717) is 32.8 Å². The first kappa shape index (κ1) is 28.2. The summed E-state index contributed by atoms with van der Waals surface area (Å²) in [6.45, 7) is 5.35. The van der Waals surface area contributed by atoms with Crippen LogP contribution in [-0.2, 0) is 16.0 Å². The average Bonchev–Trinajstić information content (AvgIpc) is 2.86. The number of benzene rings is 2. The van der Waals surface area contributed by atoms with Gasteiger partial charge in [0.1, 0.15) is 17.4 Å². The summed E-state index contributed by atoms with van der Waals surface area (Å²) in [6.07, 6.45) is 6.94. The lowest BCUT2D eigenvalue weighted by atomic mass is 9.98. The van der Waals surface area contributed by atoms with E-state index < -0.39 is 23.2 Å². The van der Waals surface area contributed by atoms with Gasteiger partial charge in [-0.2, -0.15) is 5.26 Å². The van der Waals surface area contributed by atoms with Gasteiger partial charge in [-0.1, -0.05) is 23.7 Å². The van der Waals surface area contributed by atoms with Gasteiger partial charge in [-0.15, -0.1) is 12.3 Å². The topological polar surface area (TPSA) is 98.4 Å². The number of carbonyl (C=O) groups is 2. The monoisotopic (exact) mass is 530 g/mol. The summed E-state index contributed by atoms with van der Waals surface area (Å²) < 4.78 is 12.1. The van der Waals surface area contributed by atoms with Crippen LogP contribution in [0.5, 0.6) is 5.75 Å². The van der Waals surface area contributed by atoms with Crippen molar-refractivity contribution in [2.75, 3.05) is 7.11 Å². The van der Waals surface area contributed by atoms with Crippen LogP contribution < -0.4 is 10.3 Å². The largest absolute Gasteiger partial charge is 0.495 e. The molecule has 1 aromatic heterocycles. The highest BCUT2D eigenvalue weighted by Crippen LogP contribution is 2.33. The quantitative estimate of drug-likeness (QED) is 0.286. The Balaban J connectivity index is 1.93. The van der Waals surface area contributed by atoms with Crippen LogP contribution in [0.15, 0.2) is 59.5 Å². The minimum absolute atomic E-state index is 0.00960. The number of halogens is 1. The van der Waals surface area contributed by atoms with Crippen LogP contribution in [0.3, 0.4) is 0 Å². The highest BCUT2D eigenvalue weighted by atomic mass is 35.5. The van der Waals surface area contributed by atoms with Crippen LogP contribution in [0.1, 0.15) is 54.7 Å². The molecule has 0 bridgehead atoms. The first-order valence-electron chi connectivity index (χ1n) is 11.8. The molecule has 0 spiro atoms. The lowest BCUT2D eigenvalue weighted by molar-refractivity contribution is -0.121. The summed E-state index contributed by atoms with van der Waals surface area (Å²) in [4.78, 5) is 38.8. The first-order valence-corrected chi connectivity index (χ1v) is 12.1. The van der Waals surface area contributed by atoms with E-state index in [4.69, 9.17) is 27.5 Å². The van der Waals surface area contributed by atoms with Crippen LogP contribution in [0.4, 0.5) is 0 Å². The number of terminal acetylenes is 1. The minimum Gasteiger partial charge on any atom is -0.495 e. The SMILES string of the molecule is C#CCC(C(=O)Cc1ccc(C(=O)OC(C)(C)C)cc1)n1cc(OC)c(-c2cc(Cl)ccc2C#N)cc1=O. The Morgan fingerprint density at radius 3 is 2.37 bits per heavy atom. The maximum absolute atomic E-state index is 13.3.